The molecule has 1 aromatic carbocycles. The number of benzene rings is 1. The van der Waals surface area contributed by atoms with E-state index < -0.39 is 0 Å². The Morgan fingerprint density at radius 2 is 2.30 bits per heavy atom. The van der Waals surface area contributed by atoms with Gasteiger partial charge >= 0.3 is 0 Å². The minimum Gasteiger partial charge on any atom is -0.354 e. The molecule has 0 radical (unpaired) electrons. The molecule has 3 N–H and O–H groups in total. The zero-order valence-corrected chi connectivity index (χ0v) is 11.8. The van der Waals surface area contributed by atoms with Gasteiger partial charge in [-0.1, -0.05) is 25.5 Å². The van der Waals surface area contributed by atoms with E-state index in [0.29, 0.717) is 19.0 Å². The van der Waals surface area contributed by atoms with Crippen molar-refractivity contribution in [3.05, 3.63) is 35.6 Å². The van der Waals surface area contributed by atoms with Gasteiger partial charge < -0.3 is 5.32 Å². The van der Waals surface area contributed by atoms with Crippen LogP contribution in [0.5, 0.6) is 0 Å². The van der Waals surface area contributed by atoms with Crippen LogP contribution in [0.2, 0.25) is 0 Å². The van der Waals surface area contributed by atoms with Crippen LogP contribution in [0.15, 0.2) is 24.3 Å². The van der Waals surface area contributed by atoms with Crippen LogP contribution < -0.4 is 16.2 Å². The summed E-state index contributed by atoms with van der Waals surface area (Å²) < 4.78 is 13.0. The highest BCUT2D eigenvalue weighted by molar-refractivity contribution is 5.82. The monoisotopic (exact) mass is 279 g/mol. The fourth-order valence-electron chi connectivity index (χ4n) is 2.48. The van der Waals surface area contributed by atoms with Crippen molar-refractivity contribution in [1.82, 2.24) is 16.2 Å². The van der Waals surface area contributed by atoms with Crippen LogP contribution in [-0.4, -0.2) is 24.5 Å². The van der Waals surface area contributed by atoms with Crippen LogP contribution >= 0.6 is 0 Å². The molecule has 1 amide bonds. The number of carbonyl (C=O) groups is 1. The molecule has 4 nitrogen and oxygen atoms in total. The van der Waals surface area contributed by atoms with Crippen molar-refractivity contribution < 1.29 is 9.18 Å². The van der Waals surface area contributed by atoms with Crippen molar-refractivity contribution in [2.75, 3.05) is 6.54 Å². The average molecular weight is 279 g/mol. The molecule has 0 bridgehead atoms. The van der Waals surface area contributed by atoms with E-state index in [9.17, 15) is 9.18 Å². The maximum absolute atomic E-state index is 13.0. The Bertz CT molecular complexity index is 452. The number of halogens is 1. The molecule has 0 aliphatic carbocycles. The molecule has 5 heteroatoms. The van der Waals surface area contributed by atoms with Crippen molar-refractivity contribution in [3.63, 3.8) is 0 Å². The van der Waals surface area contributed by atoms with Crippen molar-refractivity contribution in [1.29, 1.82) is 0 Å². The van der Waals surface area contributed by atoms with E-state index in [1.807, 2.05) is 6.07 Å². The van der Waals surface area contributed by atoms with Crippen LogP contribution in [0, 0.1) is 5.82 Å². The van der Waals surface area contributed by atoms with Gasteiger partial charge in [0.05, 0.1) is 0 Å². The van der Waals surface area contributed by atoms with E-state index in [1.54, 1.807) is 6.07 Å². The van der Waals surface area contributed by atoms with Gasteiger partial charge in [-0.3, -0.25) is 10.2 Å². The summed E-state index contributed by atoms with van der Waals surface area (Å²) in [7, 11) is 0. The molecule has 1 aromatic rings. The van der Waals surface area contributed by atoms with Crippen LogP contribution in [0.1, 0.15) is 31.7 Å². The summed E-state index contributed by atoms with van der Waals surface area (Å²) in [5.74, 6) is -0.231. The van der Waals surface area contributed by atoms with Crippen molar-refractivity contribution in [2.45, 2.75) is 44.7 Å². The summed E-state index contributed by atoms with van der Waals surface area (Å²) in [6.07, 6.45) is 3.63. The van der Waals surface area contributed by atoms with E-state index in [-0.39, 0.29) is 17.8 Å². The Morgan fingerprint density at radius 1 is 1.45 bits per heavy atom. The van der Waals surface area contributed by atoms with Gasteiger partial charge in [0.25, 0.3) is 0 Å². The lowest BCUT2D eigenvalue weighted by Crippen LogP contribution is -2.43. The normalized spacial score (nSPS) is 21.9. The third-order valence-corrected chi connectivity index (χ3v) is 3.54. The minimum atomic E-state index is -0.238. The Labute approximate surface area is 119 Å². The zero-order chi connectivity index (χ0) is 14.4. The first-order valence-electron chi connectivity index (χ1n) is 7.22. The quantitative estimate of drug-likeness (QED) is 0.740. The van der Waals surface area contributed by atoms with E-state index >= 15 is 0 Å². The number of amides is 1. The maximum Gasteiger partial charge on any atom is 0.238 e. The first-order valence-corrected chi connectivity index (χ1v) is 7.22. The SMILES string of the molecule is CCCC1CC(C(=O)NCCc2cccc(F)c2)NN1. The molecule has 1 fully saturated rings. The predicted octanol–water partition coefficient (Wildman–Crippen LogP) is 1.52. The van der Waals surface area contributed by atoms with Gasteiger partial charge in [0.15, 0.2) is 0 Å². The smallest absolute Gasteiger partial charge is 0.238 e. The number of hydrogen-bond donors (Lipinski definition) is 3. The van der Waals surface area contributed by atoms with Crippen molar-refractivity contribution in [2.24, 2.45) is 0 Å². The summed E-state index contributed by atoms with van der Waals surface area (Å²) in [4.78, 5) is 12.0. The van der Waals surface area contributed by atoms with Crippen LogP contribution in [0.3, 0.4) is 0 Å². The fourth-order valence-corrected chi connectivity index (χ4v) is 2.48. The van der Waals surface area contributed by atoms with Crippen molar-refractivity contribution >= 4 is 5.91 Å². The number of carbonyl (C=O) groups excluding carboxylic acids is 1. The standard InChI is InChI=1S/C15H22FN3O/c1-2-4-13-10-14(19-18-13)15(20)17-8-7-11-5-3-6-12(16)9-11/h3,5-6,9,13-14,18-19H,2,4,7-8,10H2,1H3,(H,17,20). The summed E-state index contributed by atoms with van der Waals surface area (Å²) in [5, 5.41) is 2.89. The van der Waals surface area contributed by atoms with E-state index in [2.05, 4.69) is 23.1 Å². The summed E-state index contributed by atoms with van der Waals surface area (Å²) in [6.45, 7) is 2.66. The zero-order valence-electron chi connectivity index (χ0n) is 11.8. The predicted molar refractivity (Wildman–Crippen MR) is 76.5 cm³/mol. The molecule has 20 heavy (non-hydrogen) atoms. The topological polar surface area (TPSA) is 53.2 Å². The fraction of sp³-hybridized carbons (Fsp3) is 0.533. The third kappa shape index (κ3) is 4.28. The third-order valence-electron chi connectivity index (χ3n) is 3.54. The molecule has 1 heterocycles. The van der Waals surface area contributed by atoms with Gasteiger partial charge in [0.2, 0.25) is 5.91 Å². The van der Waals surface area contributed by atoms with E-state index in [4.69, 9.17) is 0 Å². The van der Waals surface area contributed by atoms with E-state index in [1.165, 1.54) is 12.1 Å². The highest BCUT2D eigenvalue weighted by Gasteiger charge is 2.28. The van der Waals surface area contributed by atoms with Gasteiger partial charge in [-0.2, -0.15) is 0 Å². The lowest BCUT2D eigenvalue weighted by Gasteiger charge is -2.10. The summed E-state index contributed by atoms with van der Waals surface area (Å²) in [5.41, 5.74) is 7.07. The lowest BCUT2D eigenvalue weighted by atomic mass is 10.1. The second-order valence-electron chi connectivity index (χ2n) is 5.23. The minimum absolute atomic E-state index is 0.00695. The lowest BCUT2D eigenvalue weighted by molar-refractivity contribution is -0.122. The van der Waals surface area contributed by atoms with Crippen LogP contribution in [0.25, 0.3) is 0 Å². The van der Waals surface area contributed by atoms with Gasteiger partial charge in [-0.15, -0.1) is 0 Å². The van der Waals surface area contributed by atoms with Crippen molar-refractivity contribution in [3.8, 4) is 0 Å². The highest BCUT2D eigenvalue weighted by atomic mass is 19.1. The summed E-state index contributed by atoms with van der Waals surface area (Å²) in [6, 6.07) is 6.67. The molecule has 2 unspecified atom stereocenters. The van der Waals surface area contributed by atoms with Gasteiger partial charge in [0, 0.05) is 12.6 Å². The number of nitrogens with one attached hydrogen (secondary N) is 3. The highest BCUT2D eigenvalue weighted by Crippen LogP contribution is 2.10. The Balaban J connectivity index is 1.70. The first kappa shape index (κ1) is 14.9. The second-order valence-corrected chi connectivity index (χ2v) is 5.23. The molecule has 1 aliphatic rings. The molecule has 110 valence electrons. The molecule has 2 atom stereocenters. The van der Waals surface area contributed by atoms with Gasteiger partial charge in [-0.05, 0) is 37.0 Å². The largest absolute Gasteiger partial charge is 0.354 e. The Kier molecular flexibility index (Phi) is 5.49. The molecular weight excluding hydrogens is 257 g/mol. The van der Waals surface area contributed by atoms with Crippen LogP contribution in [-0.2, 0) is 11.2 Å². The molecule has 0 saturated carbocycles. The van der Waals surface area contributed by atoms with Gasteiger partial charge in [-0.25, -0.2) is 9.82 Å². The molecule has 1 aliphatic heterocycles. The molecule has 0 spiro atoms. The summed E-state index contributed by atoms with van der Waals surface area (Å²) >= 11 is 0. The van der Waals surface area contributed by atoms with Crippen LogP contribution in [0.4, 0.5) is 4.39 Å². The molecule has 1 saturated heterocycles. The Morgan fingerprint density at radius 3 is 3.05 bits per heavy atom. The Hall–Kier alpha value is -1.46. The molecule has 2 rings (SSSR count). The number of hydrazine groups is 1. The maximum atomic E-state index is 13.0. The molecular formula is C15H22FN3O. The number of hydrogen-bond acceptors (Lipinski definition) is 3. The van der Waals surface area contributed by atoms with Gasteiger partial charge in [0.1, 0.15) is 11.9 Å². The average Bonchev–Trinajstić information content (AvgIpc) is 2.88. The number of rotatable bonds is 6. The second kappa shape index (κ2) is 7.36. The molecule has 0 aromatic heterocycles. The first-order chi connectivity index (χ1) is 9.69. The van der Waals surface area contributed by atoms with E-state index in [0.717, 1.165) is 24.8 Å².